The summed E-state index contributed by atoms with van der Waals surface area (Å²) in [6.07, 6.45) is 1.17. The first-order valence-electron chi connectivity index (χ1n) is 7.63. The van der Waals surface area contributed by atoms with Crippen molar-refractivity contribution in [3.8, 4) is 0 Å². The third-order valence-corrected chi connectivity index (χ3v) is 4.50. The lowest BCUT2D eigenvalue weighted by Gasteiger charge is -2.37. The van der Waals surface area contributed by atoms with Gasteiger partial charge in [-0.3, -0.25) is 9.59 Å². The summed E-state index contributed by atoms with van der Waals surface area (Å²) in [5.41, 5.74) is 1.40. The first-order valence-corrected chi connectivity index (χ1v) is 8.01. The van der Waals surface area contributed by atoms with E-state index in [-0.39, 0.29) is 0 Å². The smallest absolute Gasteiger partial charge is 0.313 e. The van der Waals surface area contributed by atoms with E-state index in [9.17, 15) is 9.59 Å². The molecule has 1 spiro atoms. The Labute approximate surface area is 139 Å². The molecule has 3 rings (SSSR count). The number of piperidine rings is 1. The highest BCUT2D eigenvalue weighted by Crippen LogP contribution is 2.31. The molecule has 1 N–H and O–H groups in total. The molecule has 0 atom stereocenters. The molecule has 2 aliphatic rings. The van der Waals surface area contributed by atoms with Crippen molar-refractivity contribution in [2.24, 2.45) is 0 Å². The molecule has 1 aromatic carbocycles. The molecule has 0 bridgehead atoms. The fraction of sp³-hybridized carbons (Fsp3) is 0.500. The standard InChI is InChI=1S/C16H19ClN2O4/c1-11-2-3-12(17)10-13(11)18-14(20)15(21)19-6-4-16(5-7-19)22-8-9-23-16/h2-3,10H,4-9H2,1H3,(H,18,20). The van der Waals surface area contributed by atoms with Gasteiger partial charge in [0, 0.05) is 36.6 Å². The van der Waals surface area contributed by atoms with Crippen LogP contribution in [0.2, 0.25) is 5.02 Å². The normalized spacial score (nSPS) is 19.8. The van der Waals surface area contributed by atoms with Crippen LogP contribution in [0.5, 0.6) is 0 Å². The van der Waals surface area contributed by atoms with Gasteiger partial charge in [-0.1, -0.05) is 17.7 Å². The van der Waals surface area contributed by atoms with Gasteiger partial charge in [0.25, 0.3) is 0 Å². The van der Waals surface area contributed by atoms with Gasteiger partial charge < -0.3 is 19.7 Å². The first kappa shape index (κ1) is 16.2. The van der Waals surface area contributed by atoms with Crippen molar-refractivity contribution in [1.82, 2.24) is 4.90 Å². The largest absolute Gasteiger partial charge is 0.347 e. The molecule has 2 heterocycles. The second-order valence-corrected chi connectivity index (χ2v) is 6.25. The third-order valence-electron chi connectivity index (χ3n) is 4.27. The van der Waals surface area contributed by atoms with Crippen LogP contribution in [0.25, 0.3) is 0 Å². The fourth-order valence-electron chi connectivity index (χ4n) is 2.88. The number of hydrogen-bond donors (Lipinski definition) is 1. The Morgan fingerprint density at radius 2 is 1.87 bits per heavy atom. The maximum absolute atomic E-state index is 12.3. The molecule has 2 saturated heterocycles. The number of anilines is 1. The van der Waals surface area contributed by atoms with Gasteiger partial charge in [0.2, 0.25) is 0 Å². The van der Waals surface area contributed by atoms with Gasteiger partial charge in [0.1, 0.15) is 0 Å². The summed E-state index contributed by atoms with van der Waals surface area (Å²) in [5, 5.41) is 3.14. The van der Waals surface area contributed by atoms with Crippen molar-refractivity contribution in [3.63, 3.8) is 0 Å². The molecule has 1 aromatic rings. The number of benzene rings is 1. The minimum Gasteiger partial charge on any atom is -0.347 e. The molecular formula is C16H19ClN2O4. The maximum atomic E-state index is 12.3. The monoisotopic (exact) mass is 338 g/mol. The van der Waals surface area contributed by atoms with Crippen LogP contribution >= 0.6 is 11.6 Å². The number of carbonyl (C=O) groups is 2. The van der Waals surface area contributed by atoms with E-state index < -0.39 is 17.6 Å². The van der Waals surface area contributed by atoms with Crippen LogP contribution in [-0.4, -0.2) is 48.8 Å². The quantitative estimate of drug-likeness (QED) is 0.795. The van der Waals surface area contributed by atoms with Gasteiger partial charge in [-0.15, -0.1) is 0 Å². The van der Waals surface area contributed by atoms with Crippen LogP contribution in [-0.2, 0) is 19.1 Å². The van der Waals surface area contributed by atoms with Crippen LogP contribution < -0.4 is 5.32 Å². The molecule has 2 fully saturated rings. The fourth-order valence-corrected chi connectivity index (χ4v) is 3.06. The summed E-state index contributed by atoms with van der Waals surface area (Å²) in [6, 6.07) is 5.16. The van der Waals surface area contributed by atoms with Gasteiger partial charge >= 0.3 is 11.8 Å². The number of hydrogen-bond acceptors (Lipinski definition) is 4. The number of amides is 2. The second kappa shape index (κ2) is 6.47. The predicted molar refractivity (Wildman–Crippen MR) is 85.3 cm³/mol. The number of rotatable bonds is 1. The van der Waals surface area contributed by atoms with Crippen LogP contribution in [0.1, 0.15) is 18.4 Å². The number of likely N-dealkylation sites (tertiary alicyclic amines) is 1. The van der Waals surface area contributed by atoms with E-state index in [0.29, 0.717) is 49.9 Å². The van der Waals surface area contributed by atoms with E-state index in [0.717, 1.165) is 5.56 Å². The molecule has 6 nitrogen and oxygen atoms in total. The lowest BCUT2D eigenvalue weighted by atomic mass is 10.0. The van der Waals surface area contributed by atoms with E-state index in [1.165, 1.54) is 4.90 Å². The Bertz CT molecular complexity index is 619. The molecule has 2 amide bonds. The summed E-state index contributed by atoms with van der Waals surface area (Å²) in [4.78, 5) is 26.0. The van der Waals surface area contributed by atoms with E-state index in [1.54, 1.807) is 18.2 Å². The lowest BCUT2D eigenvalue weighted by molar-refractivity contribution is -0.187. The van der Waals surface area contributed by atoms with E-state index in [1.807, 2.05) is 6.92 Å². The molecule has 2 aliphatic heterocycles. The highest BCUT2D eigenvalue weighted by atomic mass is 35.5. The van der Waals surface area contributed by atoms with Crippen LogP contribution in [0.15, 0.2) is 18.2 Å². The summed E-state index contributed by atoms with van der Waals surface area (Å²) < 4.78 is 11.2. The minimum atomic E-state index is -0.653. The van der Waals surface area contributed by atoms with Gasteiger partial charge in [-0.05, 0) is 24.6 Å². The van der Waals surface area contributed by atoms with Crippen molar-refractivity contribution in [2.45, 2.75) is 25.6 Å². The van der Waals surface area contributed by atoms with Crippen molar-refractivity contribution in [1.29, 1.82) is 0 Å². The second-order valence-electron chi connectivity index (χ2n) is 5.81. The third kappa shape index (κ3) is 3.49. The summed E-state index contributed by atoms with van der Waals surface area (Å²) >= 11 is 5.92. The van der Waals surface area contributed by atoms with E-state index in [2.05, 4.69) is 5.32 Å². The highest BCUT2D eigenvalue weighted by molar-refractivity contribution is 6.39. The van der Waals surface area contributed by atoms with E-state index >= 15 is 0 Å². The SMILES string of the molecule is Cc1ccc(Cl)cc1NC(=O)C(=O)N1CCC2(CC1)OCCO2. The van der Waals surface area contributed by atoms with Gasteiger partial charge in [0.05, 0.1) is 13.2 Å². The lowest BCUT2D eigenvalue weighted by Crippen LogP contribution is -2.50. The molecule has 124 valence electrons. The van der Waals surface area contributed by atoms with Crippen molar-refractivity contribution >= 4 is 29.1 Å². The molecular weight excluding hydrogens is 320 g/mol. The van der Waals surface area contributed by atoms with Crippen molar-refractivity contribution in [3.05, 3.63) is 28.8 Å². The zero-order chi connectivity index (χ0) is 16.4. The molecule has 0 unspecified atom stereocenters. The number of nitrogens with zero attached hydrogens (tertiary/aromatic N) is 1. The molecule has 0 radical (unpaired) electrons. The van der Waals surface area contributed by atoms with Crippen LogP contribution in [0, 0.1) is 6.92 Å². The minimum absolute atomic E-state index is 0.445. The van der Waals surface area contributed by atoms with Crippen molar-refractivity contribution < 1.29 is 19.1 Å². The number of ether oxygens (including phenoxy) is 2. The number of nitrogens with one attached hydrogen (secondary N) is 1. The molecule has 0 aromatic heterocycles. The number of aryl methyl sites for hydroxylation is 1. The zero-order valence-electron chi connectivity index (χ0n) is 12.9. The highest BCUT2D eigenvalue weighted by Gasteiger charge is 2.41. The van der Waals surface area contributed by atoms with Gasteiger partial charge in [0.15, 0.2) is 5.79 Å². The van der Waals surface area contributed by atoms with Crippen LogP contribution in [0.3, 0.4) is 0 Å². The Morgan fingerprint density at radius 3 is 2.52 bits per heavy atom. The summed E-state index contributed by atoms with van der Waals surface area (Å²) in [6.45, 7) is 3.91. The van der Waals surface area contributed by atoms with Crippen LogP contribution in [0.4, 0.5) is 5.69 Å². The zero-order valence-corrected chi connectivity index (χ0v) is 13.7. The molecule has 0 aliphatic carbocycles. The van der Waals surface area contributed by atoms with Gasteiger partial charge in [-0.2, -0.15) is 0 Å². The Balaban J connectivity index is 1.60. The number of carbonyl (C=O) groups excluding carboxylic acids is 2. The average molecular weight is 339 g/mol. The Kier molecular flexibility index (Phi) is 4.57. The first-order chi connectivity index (χ1) is 11.0. The Morgan fingerprint density at radius 1 is 1.22 bits per heavy atom. The topological polar surface area (TPSA) is 67.9 Å². The molecule has 7 heteroatoms. The summed E-state index contributed by atoms with van der Waals surface area (Å²) in [7, 11) is 0. The number of halogens is 1. The average Bonchev–Trinajstić information content (AvgIpc) is 2.99. The molecule has 23 heavy (non-hydrogen) atoms. The summed E-state index contributed by atoms with van der Waals surface area (Å²) in [5.74, 6) is -1.76. The maximum Gasteiger partial charge on any atom is 0.313 e. The van der Waals surface area contributed by atoms with Gasteiger partial charge in [-0.25, -0.2) is 0 Å². The van der Waals surface area contributed by atoms with E-state index in [4.69, 9.17) is 21.1 Å². The Hall–Kier alpha value is -1.63. The van der Waals surface area contributed by atoms with Crippen molar-refractivity contribution in [2.75, 3.05) is 31.6 Å². The molecule has 0 saturated carbocycles. The predicted octanol–water partition coefficient (Wildman–Crippen LogP) is 1.95.